The summed E-state index contributed by atoms with van der Waals surface area (Å²) in [5.41, 5.74) is 1.02. The highest BCUT2D eigenvalue weighted by molar-refractivity contribution is 7.89. The van der Waals surface area contributed by atoms with Gasteiger partial charge in [-0.05, 0) is 42.3 Å². The van der Waals surface area contributed by atoms with E-state index in [1.54, 1.807) is 6.20 Å². The van der Waals surface area contributed by atoms with E-state index in [2.05, 4.69) is 9.71 Å². The van der Waals surface area contributed by atoms with Gasteiger partial charge in [-0.25, -0.2) is 17.5 Å². The Morgan fingerprint density at radius 3 is 2.50 bits per heavy atom. The molecule has 0 radical (unpaired) electrons. The van der Waals surface area contributed by atoms with Gasteiger partial charge in [-0.3, -0.25) is 0 Å². The van der Waals surface area contributed by atoms with E-state index in [0.717, 1.165) is 17.7 Å². The number of hydrogen-bond donors (Lipinski definition) is 2. The molecule has 0 amide bonds. The number of rotatable bonds is 5. The Hall–Kier alpha value is -1.66. The van der Waals surface area contributed by atoms with Crippen LogP contribution in [0.4, 0.5) is 4.39 Å². The lowest BCUT2D eigenvalue weighted by Crippen LogP contribution is -2.25. The van der Waals surface area contributed by atoms with Gasteiger partial charge in [0.1, 0.15) is 5.82 Å². The predicted octanol–water partition coefficient (Wildman–Crippen LogP) is 1.67. The summed E-state index contributed by atoms with van der Waals surface area (Å²) in [6.07, 6.45) is 4.19. The number of benzene rings is 1. The van der Waals surface area contributed by atoms with Crippen molar-refractivity contribution in [1.82, 2.24) is 9.71 Å². The van der Waals surface area contributed by atoms with Crippen LogP contribution in [0, 0.1) is 5.82 Å². The quantitative estimate of drug-likeness (QED) is 0.866. The van der Waals surface area contributed by atoms with Crippen LogP contribution in [-0.2, 0) is 16.4 Å². The Bertz CT molecular complexity index is 592. The van der Waals surface area contributed by atoms with Crippen molar-refractivity contribution in [2.24, 2.45) is 0 Å². The summed E-state index contributed by atoms with van der Waals surface area (Å²) in [7, 11) is -3.56. The van der Waals surface area contributed by atoms with Gasteiger partial charge in [0, 0.05) is 18.9 Å². The van der Waals surface area contributed by atoms with Crippen molar-refractivity contribution in [1.29, 1.82) is 0 Å². The highest BCUT2D eigenvalue weighted by Gasteiger charge is 2.12. The van der Waals surface area contributed by atoms with E-state index in [-0.39, 0.29) is 4.90 Å². The molecule has 2 rings (SSSR count). The molecule has 0 atom stereocenters. The number of sulfonamides is 1. The Morgan fingerprint density at radius 1 is 1.17 bits per heavy atom. The zero-order valence-electron chi connectivity index (χ0n) is 9.56. The SMILES string of the molecule is O=S(=O)(NCCc1cc[nH]c1)c1ccc(F)cc1. The van der Waals surface area contributed by atoms with Crippen molar-refractivity contribution in [3.8, 4) is 0 Å². The zero-order chi connectivity index (χ0) is 13.0. The number of hydrogen-bond acceptors (Lipinski definition) is 2. The molecular formula is C12H13FN2O2S. The standard InChI is InChI=1S/C12H13FN2O2S/c13-11-1-3-12(4-2-11)18(16,17)15-8-6-10-5-7-14-9-10/h1-5,7,9,14-15H,6,8H2. The maximum Gasteiger partial charge on any atom is 0.240 e. The van der Waals surface area contributed by atoms with E-state index >= 15 is 0 Å². The molecule has 0 aliphatic carbocycles. The van der Waals surface area contributed by atoms with Gasteiger partial charge in [0.2, 0.25) is 10.0 Å². The number of aromatic amines is 1. The van der Waals surface area contributed by atoms with Crippen LogP contribution < -0.4 is 4.72 Å². The van der Waals surface area contributed by atoms with Crippen LogP contribution in [0.15, 0.2) is 47.6 Å². The van der Waals surface area contributed by atoms with E-state index in [1.165, 1.54) is 12.1 Å². The van der Waals surface area contributed by atoms with Gasteiger partial charge in [0.15, 0.2) is 0 Å². The topological polar surface area (TPSA) is 62.0 Å². The van der Waals surface area contributed by atoms with Crippen molar-refractivity contribution in [3.05, 3.63) is 54.1 Å². The van der Waals surface area contributed by atoms with Crippen LogP contribution in [0.1, 0.15) is 5.56 Å². The molecule has 18 heavy (non-hydrogen) atoms. The molecule has 0 saturated heterocycles. The maximum absolute atomic E-state index is 12.7. The van der Waals surface area contributed by atoms with E-state index < -0.39 is 15.8 Å². The zero-order valence-corrected chi connectivity index (χ0v) is 10.4. The monoisotopic (exact) mass is 268 g/mol. The summed E-state index contributed by atoms with van der Waals surface area (Å²) in [4.78, 5) is 2.96. The van der Waals surface area contributed by atoms with Crippen molar-refractivity contribution in [2.45, 2.75) is 11.3 Å². The molecule has 1 aromatic carbocycles. The fraction of sp³-hybridized carbons (Fsp3) is 0.167. The average Bonchev–Trinajstić information content (AvgIpc) is 2.82. The van der Waals surface area contributed by atoms with Gasteiger partial charge in [-0.1, -0.05) is 0 Å². The molecule has 0 aliphatic heterocycles. The minimum atomic E-state index is -3.56. The molecule has 0 aliphatic rings. The summed E-state index contributed by atoms with van der Waals surface area (Å²) in [5.74, 6) is -0.457. The molecule has 6 heteroatoms. The third-order valence-corrected chi connectivity index (χ3v) is 3.97. The average molecular weight is 268 g/mol. The summed E-state index contributed by atoms with van der Waals surface area (Å²) in [5, 5.41) is 0. The van der Waals surface area contributed by atoms with Gasteiger partial charge < -0.3 is 4.98 Å². The third kappa shape index (κ3) is 3.18. The van der Waals surface area contributed by atoms with Gasteiger partial charge in [-0.2, -0.15) is 0 Å². The van der Waals surface area contributed by atoms with E-state index in [1.807, 2.05) is 12.3 Å². The summed E-state index contributed by atoms with van der Waals surface area (Å²) >= 11 is 0. The number of halogens is 1. The Morgan fingerprint density at radius 2 is 1.89 bits per heavy atom. The van der Waals surface area contributed by atoms with E-state index in [0.29, 0.717) is 13.0 Å². The largest absolute Gasteiger partial charge is 0.367 e. The van der Waals surface area contributed by atoms with Crippen LogP contribution in [-0.4, -0.2) is 19.9 Å². The molecule has 0 unspecified atom stereocenters. The van der Waals surface area contributed by atoms with Crippen molar-refractivity contribution < 1.29 is 12.8 Å². The van der Waals surface area contributed by atoms with E-state index in [4.69, 9.17) is 0 Å². The first-order valence-electron chi connectivity index (χ1n) is 5.45. The van der Waals surface area contributed by atoms with Crippen LogP contribution >= 0.6 is 0 Å². The summed E-state index contributed by atoms with van der Waals surface area (Å²) < 4.78 is 38.8. The molecule has 96 valence electrons. The Kier molecular flexibility index (Phi) is 3.78. The molecule has 2 N–H and O–H groups in total. The molecular weight excluding hydrogens is 255 g/mol. The summed E-state index contributed by atoms with van der Waals surface area (Å²) in [6, 6.07) is 6.62. The van der Waals surface area contributed by atoms with Crippen LogP contribution in [0.3, 0.4) is 0 Å². The molecule has 1 aromatic heterocycles. The molecule has 2 aromatic rings. The van der Waals surface area contributed by atoms with Crippen molar-refractivity contribution in [3.63, 3.8) is 0 Å². The highest BCUT2D eigenvalue weighted by atomic mass is 32.2. The van der Waals surface area contributed by atoms with Crippen molar-refractivity contribution >= 4 is 10.0 Å². The molecule has 0 saturated carbocycles. The maximum atomic E-state index is 12.7. The number of nitrogens with one attached hydrogen (secondary N) is 2. The van der Waals surface area contributed by atoms with Gasteiger partial charge in [-0.15, -0.1) is 0 Å². The molecule has 4 nitrogen and oxygen atoms in total. The molecule has 0 spiro atoms. The first-order chi connectivity index (χ1) is 8.58. The fourth-order valence-electron chi connectivity index (χ4n) is 1.54. The van der Waals surface area contributed by atoms with E-state index in [9.17, 15) is 12.8 Å². The second kappa shape index (κ2) is 5.32. The van der Waals surface area contributed by atoms with Gasteiger partial charge >= 0.3 is 0 Å². The second-order valence-corrected chi connectivity index (χ2v) is 5.59. The van der Waals surface area contributed by atoms with Gasteiger partial charge in [0.05, 0.1) is 4.90 Å². The van der Waals surface area contributed by atoms with Crippen LogP contribution in [0.5, 0.6) is 0 Å². The Balaban J connectivity index is 1.97. The smallest absolute Gasteiger partial charge is 0.240 e. The summed E-state index contributed by atoms with van der Waals surface area (Å²) in [6.45, 7) is 0.303. The minimum absolute atomic E-state index is 0.0676. The normalized spacial score (nSPS) is 11.6. The fourth-order valence-corrected chi connectivity index (χ4v) is 2.57. The molecule has 1 heterocycles. The number of aromatic nitrogens is 1. The molecule has 0 fully saturated rings. The lowest BCUT2D eigenvalue weighted by atomic mass is 10.2. The predicted molar refractivity (Wildman–Crippen MR) is 66.1 cm³/mol. The second-order valence-electron chi connectivity index (χ2n) is 3.82. The van der Waals surface area contributed by atoms with Crippen LogP contribution in [0.2, 0.25) is 0 Å². The number of H-pyrrole nitrogens is 1. The van der Waals surface area contributed by atoms with Gasteiger partial charge in [0.25, 0.3) is 0 Å². The lowest BCUT2D eigenvalue weighted by molar-refractivity contribution is 0.580. The van der Waals surface area contributed by atoms with Crippen LogP contribution in [0.25, 0.3) is 0 Å². The third-order valence-electron chi connectivity index (χ3n) is 2.49. The first-order valence-corrected chi connectivity index (χ1v) is 6.93. The molecule has 0 bridgehead atoms. The first kappa shape index (κ1) is 12.8. The Labute approximate surface area is 105 Å². The minimum Gasteiger partial charge on any atom is -0.367 e. The highest BCUT2D eigenvalue weighted by Crippen LogP contribution is 2.09. The van der Waals surface area contributed by atoms with Crippen molar-refractivity contribution in [2.75, 3.05) is 6.54 Å². The lowest BCUT2D eigenvalue weighted by Gasteiger charge is -2.05.